The van der Waals surface area contributed by atoms with Crippen molar-refractivity contribution < 1.29 is 5.11 Å². The zero-order valence-electron chi connectivity index (χ0n) is 6.62. The summed E-state index contributed by atoms with van der Waals surface area (Å²) in [6.07, 6.45) is 1.80. The summed E-state index contributed by atoms with van der Waals surface area (Å²) >= 11 is 0. The fourth-order valence-corrected chi connectivity index (χ4v) is 0.956. The van der Waals surface area contributed by atoms with Crippen LogP contribution >= 0.6 is 0 Å². The molecule has 1 rings (SSSR count). The molecule has 0 saturated carbocycles. The number of benzene rings is 1. The Morgan fingerprint density at radius 3 is 2.55 bits per heavy atom. The Morgan fingerprint density at radius 1 is 1.36 bits per heavy atom. The van der Waals surface area contributed by atoms with Crippen molar-refractivity contribution in [2.45, 2.75) is 6.92 Å². The maximum Gasteiger partial charge on any atom is 0.0618 e. The zero-order valence-corrected chi connectivity index (χ0v) is 6.62. The van der Waals surface area contributed by atoms with Crippen LogP contribution in [0.4, 0.5) is 0 Å². The van der Waals surface area contributed by atoms with Crippen molar-refractivity contribution in [3.05, 3.63) is 42.0 Å². The zero-order chi connectivity index (χ0) is 8.10. The third kappa shape index (κ3) is 2.20. The summed E-state index contributed by atoms with van der Waals surface area (Å²) in [6, 6.07) is 10.0. The molecule has 0 spiro atoms. The summed E-state index contributed by atoms with van der Waals surface area (Å²) in [7, 11) is 0. The van der Waals surface area contributed by atoms with Crippen molar-refractivity contribution in [2.75, 3.05) is 6.61 Å². The third-order valence-electron chi connectivity index (χ3n) is 1.63. The Balaban J connectivity index is 2.85. The van der Waals surface area contributed by atoms with Crippen LogP contribution < -0.4 is 0 Å². The molecule has 0 saturated heterocycles. The molecule has 0 unspecified atom stereocenters. The summed E-state index contributed by atoms with van der Waals surface area (Å²) in [5.74, 6) is 0. The molecule has 1 nitrogen and oxygen atoms in total. The van der Waals surface area contributed by atoms with Gasteiger partial charge in [-0.3, -0.25) is 0 Å². The van der Waals surface area contributed by atoms with Crippen LogP contribution in [0.3, 0.4) is 0 Å². The standard InChI is InChI=1S/C10H12O/c1-9(7-8-11)10-5-3-2-4-6-10/h2-7,11H,8H2,1H3/b9-7-. The van der Waals surface area contributed by atoms with E-state index in [9.17, 15) is 0 Å². The van der Waals surface area contributed by atoms with Crippen LogP contribution in [0, 0.1) is 0 Å². The smallest absolute Gasteiger partial charge is 0.0618 e. The van der Waals surface area contributed by atoms with Crippen molar-refractivity contribution in [2.24, 2.45) is 0 Å². The van der Waals surface area contributed by atoms with Crippen LogP contribution in [0.25, 0.3) is 5.57 Å². The minimum absolute atomic E-state index is 0.112. The first-order valence-electron chi connectivity index (χ1n) is 3.67. The number of rotatable bonds is 2. The summed E-state index contributed by atoms with van der Waals surface area (Å²) in [6.45, 7) is 2.10. The number of aliphatic hydroxyl groups is 1. The molecule has 1 aromatic carbocycles. The molecule has 0 aliphatic carbocycles. The first kappa shape index (κ1) is 8.02. The lowest BCUT2D eigenvalue weighted by Crippen LogP contribution is -1.80. The van der Waals surface area contributed by atoms with Crippen molar-refractivity contribution >= 4 is 5.57 Å². The van der Waals surface area contributed by atoms with Gasteiger partial charge in [0.05, 0.1) is 6.61 Å². The molecule has 11 heavy (non-hydrogen) atoms. The van der Waals surface area contributed by atoms with Gasteiger partial charge in [0.15, 0.2) is 0 Å². The Labute approximate surface area is 67.0 Å². The third-order valence-corrected chi connectivity index (χ3v) is 1.63. The number of hydrogen-bond acceptors (Lipinski definition) is 1. The number of aliphatic hydroxyl groups excluding tert-OH is 1. The van der Waals surface area contributed by atoms with E-state index in [1.807, 2.05) is 37.3 Å². The van der Waals surface area contributed by atoms with E-state index < -0.39 is 0 Å². The monoisotopic (exact) mass is 148 g/mol. The molecule has 0 atom stereocenters. The normalized spacial score (nSPS) is 11.6. The summed E-state index contributed by atoms with van der Waals surface area (Å²) in [5, 5.41) is 8.62. The van der Waals surface area contributed by atoms with Gasteiger partial charge in [0.25, 0.3) is 0 Å². The molecule has 0 heterocycles. The van der Waals surface area contributed by atoms with Gasteiger partial charge in [0.2, 0.25) is 0 Å². The lowest BCUT2D eigenvalue weighted by molar-refractivity contribution is 0.343. The van der Waals surface area contributed by atoms with Crippen molar-refractivity contribution in [1.29, 1.82) is 0 Å². The molecule has 0 bridgehead atoms. The molecule has 0 aliphatic heterocycles. The highest BCUT2D eigenvalue weighted by atomic mass is 16.2. The van der Waals surface area contributed by atoms with E-state index >= 15 is 0 Å². The quantitative estimate of drug-likeness (QED) is 0.680. The fourth-order valence-electron chi connectivity index (χ4n) is 0.956. The van der Waals surface area contributed by atoms with Gasteiger partial charge in [-0.2, -0.15) is 0 Å². The molecular formula is C10H12O. The van der Waals surface area contributed by atoms with Crippen LogP contribution in [-0.4, -0.2) is 11.7 Å². The molecule has 0 aromatic heterocycles. The van der Waals surface area contributed by atoms with E-state index in [0.717, 1.165) is 5.57 Å². The van der Waals surface area contributed by atoms with Gasteiger partial charge in [-0.25, -0.2) is 0 Å². The molecule has 1 aromatic rings. The predicted octanol–water partition coefficient (Wildman–Crippen LogP) is 2.08. The van der Waals surface area contributed by atoms with Gasteiger partial charge in [0, 0.05) is 0 Å². The second-order valence-corrected chi connectivity index (χ2v) is 2.44. The largest absolute Gasteiger partial charge is 0.392 e. The number of allylic oxidation sites excluding steroid dienone is 1. The highest BCUT2D eigenvalue weighted by Crippen LogP contribution is 2.11. The maximum absolute atomic E-state index is 8.62. The van der Waals surface area contributed by atoms with Crippen LogP contribution in [0.1, 0.15) is 12.5 Å². The maximum atomic E-state index is 8.62. The second kappa shape index (κ2) is 3.94. The molecule has 1 N–H and O–H groups in total. The SMILES string of the molecule is C/C(=C/CO)c1ccccc1. The molecular weight excluding hydrogens is 136 g/mol. The number of hydrogen-bond donors (Lipinski definition) is 1. The van der Waals surface area contributed by atoms with Gasteiger partial charge in [-0.1, -0.05) is 36.4 Å². The topological polar surface area (TPSA) is 20.2 Å². The van der Waals surface area contributed by atoms with E-state index in [-0.39, 0.29) is 6.61 Å². The molecule has 58 valence electrons. The molecule has 0 aliphatic rings. The summed E-state index contributed by atoms with van der Waals surface area (Å²) < 4.78 is 0. The van der Waals surface area contributed by atoms with Gasteiger partial charge < -0.3 is 5.11 Å². The fraction of sp³-hybridized carbons (Fsp3) is 0.200. The van der Waals surface area contributed by atoms with Crippen LogP contribution in [0.2, 0.25) is 0 Å². The Morgan fingerprint density at radius 2 is 2.00 bits per heavy atom. The summed E-state index contributed by atoms with van der Waals surface area (Å²) in [5.41, 5.74) is 2.29. The lowest BCUT2D eigenvalue weighted by atomic mass is 10.1. The second-order valence-electron chi connectivity index (χ2n) is 2.44. The summed E-state index contributed by atoms with van der Waals surface area (Å²) in [4.78, 5) is 0. The van der Waals surface area contributed by atoms with Crippen LogP contribution in [0.5, 0.6) is 0 Å². The van der Waals surface area contributed by atoms with E-state index in [0.29, 0.717) is 0 Å². The van der Waals surface area contributed by atoms with Crippen molar-refractivity contribution in [3.8, 4) is 0 Å². The lowest BCUT2D eigenvalue weighted by Gasteiger charge is -1.98. The Bertz CT molecular complexity index is 236. The van der Waals surface area contributed by atoms with Gasteiger partial charge >= 0.3 is 0 Å². The predicted molar refractivity (Wildman–Crippen MR) is 47.2 cm³/mol. The molecule has 0 amide bonds. The van der Waals surface area contributed by atoms with E-state index in [2.05, 4.69) is 0 Å². The highest BCUT2D eigenvalue weighted by molar-refractivity contribution is 5.63. The molecule has 1 heteroatoms. The minimum atomic E-state index is 0.112. The van der Waals surface area contributed by atoms with Crippen molar-refractivity contribution in [3.63, 3.8) is 0 Å². The van der Waals surface area contributed by atoms with Crippen molar-refractivity contribution in [1.82, 2.24) is 0 Å². The average Bonchev–Trinajstić information content (AvgIpc) is 2.07. The average molecular weight is 148 g/mol. The van der Waals surface area contributed by atoms with Gasteiger partial charge in [-0.15, -0.1) is 0 Å². The molecule has 0 fully saturated rings. The molecule has 0 radical (unpaired) electrons. The highest BCUT2D eigenvalue weighted by Gasteiger charge is 1.90. The van der Waals surface area contributed by atoms with Gasteiger partial charge in [0.1, 0.15) is 0 Å². The minimum Gasteiger partial charge on any atom is -0.392 e. The van der Waals surface area contributed by atoms with Gasteiger partial charge in [-0.05, 0) is 18.1 Å². The first-order valence-corrected chi connectivity index (χ1v) is 3.67. The van der Waals surface area contributed by atoms with Crippen LogP contribution in [0.15, 0.2) is 36.4 Å². The van der Waals surface area contributed by atoms with E-state index in [1.54, 1.807) is 6.08 Å². The van der Waals surface area contributed by atoms with E-state index in [4.69, 9.17) is 5.11 Å². The first-order chi connectivity index (χ1) is 5.34. The Hall–Kier alpha value is -1.08. The van der Waals surface area contributed by atoms with Crippen LogP contribution in [-0.2, 0) is 0 Å². The Kier molecular flexibility index (Phi) is 2.87. The van der Waals surface area contributed by atoms with E-state index in [1.165, 1.54) is 5.56 Å².